The summed E-state index contributed by atoms with van der Waals surface area (Å²) in [5.41, 5.74) is 6.84. The number of carbonyl (C=O) groups is 4. The summed E-state index contributed by atoms with van der Waals surface area (Å²) in [5, 5.41) is 15.0. The van der Waals surface area contributed by atoms with Crippen LogP contribution in [0.25, 0.3) is 0 Å². The minimum absolute atomic E-state index is 0.0227. The fraction of sp³-hybridized carbons (Fsp3) is 0.643. The predicted molar refractivity (Wildman–Crippen MR) is 174 cm³/mol. The van der Waals surface area contributed by atoms with Gasteiger partial charge in [0.1, 0.15) is 0 Å². The molecule has 2 aliphatic heterocycles. The molecule has 2 heterocycles. The molecule has 0 bridgehead atoms. The molecule has 12 nitrogen and oxygen atoms in total. The zero-order valence-electron chi connectivity index (χ0n) is 24.4. The maximum Gasteiger partial charge on any atom is 0.315 e. The van der Waals surface area contributed by atoms with Crippen LogP contribution in [-0.4, -0.2) is 104 Å². The third-order valence-electron chi connectivity index (χ3n) is 6.73. The number of fused-ring (bicyclic) bond motifs is 1. The zero-order chi connectivity index (χ0) is 30.7. The lowest BCUT2D eigenvalue weighted by molar-refractivity contribution is -0.122. The first kappa shape index (κ1) is 35.2. The number of rotatable bonds is 22. The van der Waals surface area contributed by atoms with Gasteiger partial charge in [-0.2, -0.15) is 11.8 Å². The fourth-order valence-electron chi connectivity index (χ4n) is 4.49. The first-order valence-electron chi connectivity index (χ1n) is 14.7. The Hall–Kier alpha value is -2.33. The Morgan fingerprint density at radius 1 is 0.860 bits per heavy atom. The molecule has 3 unspecified atom stereocenters. The van der Waals surface area contributed by atoms with E-state index in [2.05, 4.69) is 26.6 Å². The number of nitrogen functional groups attached to an aromatic ring is 1. The van der Waals surface area contributed by atoms with Gasteiger partial charge in [0.2, 0.25) is 11.8 Å². The van der Waals surface area contributed by atoms with Gasteiger partial charge in [0.05, 0.1) is 38.5 Å². The smallest absolute Gasteiger partial charge is 0.315 e. The SMILES string of the molecule is Nc1ccc(C(=O)NCCSSCCNC(=O)CCOCCOCCNC(=O)CCCCC2SCC3NC(=O)NC32)cc1. The number of anilines is 1. The quantitative estimate of drug-likeness (QED) is 0.0468. The number of thioether (sulfide) groups is 1. The molecule has 1 aromatic rings. The fourth-order valence-corrected chi connectivity index (χ4v) is 7.85. The van der Waals surface area contributed by atoms with Crippen LogP contribution in [0.1, 0.15) is 42.5 Å². The van der Waals surface area contributed by atoms with Crippen molar-refractivity contribution in [2.75, 3.05) is 69.1 Å². The second kappa shape index (κ2) is 20.6. The molecule has 3 rings (SSSR count). The lowest BCUT2D eigenvalue weighted by atomic mass is 10.0. The van der Waals surface area contributed by atoms with Gasteiger partial charge < -0.3 is 41.8 Å². The van der Waals surface area contributed by atoms with Crippen molar-refractivity contribution in [3.05, 3.63) is 29.8 Å². The van der Waals surface area contributed by atoms with Gasteiger partial charge in [-0.1, -0.05) is 28.0 Å². The first-order valence-corrected chi connectivity index (χ1v) is 18.2. The second-order valence-corrected chi connectivity index (χ2v) is 14.0. The van der Waals surface area contributed by atoms with Gasteiger partial charge in [-0.3, -0.25) is 14.4 Å². The number of nitrogens with one attached hydrogen (secondary N) is 5. The summed E-state index contributed by atoms with van der Waals surface area (Å²) in [6.07, 6.45) is 3.57. The zero-order valence-corrected chi connectivity index (χ0v) is 26.8. The van der Waals surface area contributed by atoms with Crippen LogP contribution in [0.5, 0.6) is 0 Å². The number of hydrogen-bond donors (Lipinski definition) is 6. The molecular formula is C28H44N6O6S3. The Morgan fingerprint density at radius 3 is 2.30 bits per heavy atom. The first-order chi connectivity index (χ1) is 20.9. The molecule has 2 aliphatic rings. The lowest BCUT2D eigenvalue weighted by Crippen LogP contribution is -2.36. The maximum atomic E-state index is 12.0. The van der Waals surface area contributed by atoms with Gasteiger partial charge in [-0.15, -0.1) is 0 Å². The molecule has 0 aromatic heterocycles. The molecule has 7 N–H and O–H groups in total. The Balaban J connectivity index is 1.02. The summed E-state index contributed by atoms with van der Waals surface area (Å²) in [5.74, 6) is 2.34. The van der Waals surface area contributed by atoms with Crippen LogP contribution in [0.3, 0.4) is 0 Å². The van der Waals surface area contributed by atoms with Gasteiger partial charge in [-0.05, 0) is 37.1 Å². The van der Waals surface area contributed by atoms with E-state index < -0.39 is 0 Å². The Kier molecular flexibility index (Phi) is 16.8. The molecule has 240 valence electrons. The highest BCUT2D eigenvalue weighted by Gasteiger charge is 2.42. The van der Waals surface area contributed by atoms with Crippen LogP contribution in [0.4, 0.5) is 10.5 Å². The van der Waals surface area contributed by atoms with Crippen molar-refractivity contribution < 1.29 is 28.7 Å². The van der Waals surface area contributed by atoms with E-state index >= 15 is 0 Å². The van der Waals surface area contributed by atoms with E-state index in [1.807, 2.05) is 11.8 Å². The van der Waals surface area contributed by atoms with Gasteiger partial charge in [-0.25, -0.2) is 4.79 Å². The van der Waals surface area contributed by atoms with Crippen LogP contribution in [0, 0.1) is 0 Å². The number of hydrogen-bond acceptors (Lipinski definition) is 10. The summed E-state index contributed by atoms with van der Waals surface area (Å²) in [6.45, 7) is 3.11. The molecule has 15 heteroatoms. The molecule has 43 heavy (non-hydrogen) atoms. The van der Waals surface area contributed by atoms with Gasteiger partial charge in [0.25, 0.3) is 5.91 Å². The molecule has 5 amide bonds. The summed E-state index contributed by atoms with van der Waals surface area (Å²) >= 11 is 1.89. The Bertz CT molecular complexity index is 1020. The number of carbonyl (C=O) groups excluding carboxylic acids is 4. The predicted octanol–water partition coefficient (Wildman–Crippen LogP) is 1.76. The standard InChI is InChI=1S/C28H44N6O6S3/c29-21-7-5-20(6-8-21)27(37)32-12-18-43-42-17-11-31-25(36)9-13-39-15-16-40-14-10-30-24(35)4-2-1-3-23-26-22(19-41-23)33-28(38)34-26/h5-8,22-23,26H,1-4,9-19,29H2,(H,30,35)(H,31,36)(H,32,37)(H2,33,34,38). The minimum Gasteiger partial charge on any atom is -0.399 e. The van der Waals surface area contributed by atoms with Crippen LogP contribution < -0.4 is 32.3 Å². The van der Waals surface area contributed by atoms with Crippen molar-refractivity contribution in [1.29, 1.82) is 0 Å². The summed E-state index contributed by atoms with van der Waals surface area (Å²) in [4.78, 5) is 47.4. The third kappa shape index (κ3) is 14.3. The second-order valence-electron chi connectivity index (χ2n) is 10.1. The van der Waals surface area contributed by atoms with Crippen LogP contribution in [0.15, 0.2) is 24.3 Å². The van der Waals surface area contributed by atoms with E-state index in [1.165, 1.54) is 0 Å². The molecule has 0 radical (unpaired) electrons. The Morgan fingerprint density at radius 2 is 1.53 bits per heavy atom. The van der Waals surface area contributed by atoms with Crippen LogP contribution >= 0.6 is 33.3 Å². The number of urea groups is 1. The average molecular weight is 657 g/mol. The lowest BCUT2D eigenvalue weighted by Gasteiger charge is -2.16. The van der Waals surface area contributed by atoms with E-state index in [-0.39, 0.29) is 42.3 Å². The van der Waals surface area contributed by atoms with Gasteiger partial charge >= 0.3 is 6.03 Å². The molecule has 0 spiro atoms. The Labute approximate surface area is 265 Å². The van der Waals surface area contributed by atoms with Crippen LogP contribution in [-0.2, 0) is 19.1 Å². The minimum atomic E-state index is -0.119. The molecule has 0 aliphatic carbocycles. The monoisotopic (exact) mass is 656 g/mol. The number of unbranched alkanes of at least 4 members (excludes halogenated alkanes) is 1. The number of ether oxygens (including phenoxy) is 2. The number of amides is 5. The number of benzene rings is 1. The van der Waals surface area contributed by atoms with Crippen molar-refractivity contribution in [1.82, 2.24) is 26.6 Å². The average Bonchev–Trinajstić information content (AvgIpc) is 3.55. The van der Waals surface area contributed by atoms with Gasteiger partial charge in [0.15, 0.2) is 0 Å². The van der Waals surface area contributed by atoms with E-state index in [1.54, 1.807) is 45.9 Å². The largest absolute Gasteiger partial charge is 0.399 e. The molecule has 1 aromatic carbocycles. The van der Waals surface area contributed by atoms with Crippen molar-refractivity contribution in [2.24, 2.45) is 0 Å². The van der Waals surface area contributed by atoms with Crippen molar-refractivity contribution in [2.45, 2.75) is 49.4 Å². The van der Waals surface area contributed by atoms with Crippen molar-refractivity contribution in [3.63, 3.8) is 0 Å². The summed E-state index contributed by atoms with van der Waals surface area (Å²) in [7, 11) is 3.29. The summed E-state index contributed by atoms with van der Waals surface area (Å²) in [6, 6.07) is 7.19. The van der Waals surface area contributed by atoms with E-state index in [0.29, 0.717) is 69.0 Å². The molecule has 2 saturated heterocycles. The third-order valence-corrected chi connectivity index (χ3v) is 10.6. The summed E-state index contributed by atoms with van der Waals surface area (Å²) < 4.78 is 10.9. The molecule has 2 fully saturated rings. The highest BCUT2D eigenvalue weighted by Crippen LogP contribution is 2.33. The molecule has 3 atom stereocenters. The normalized spacial score (nSPS) is 18.9. The topological polar surface area (TPSA) is 173 Å². The molecule has 0 saturated carbocycles. The van der Waals surface area contributed by atoms with Crippen LogP contribution in [0.2, 0.25) is 0 Å². The number of nitrogens with two attached hydrogens (primary N) is 1. The van der Waals surface area contributed by atoms with Crippen molar-refractivity contribution >= 4 is 62.8 Å². The van der Waals surface area contributed by atoms with Crippen molar-refractivity contribution in [3.8, 4) is 0 Å². The van der Waals surface area contributed by atoms with E-state index in [0.717, 1.165) is 36.5 Å². The van der Waals surface area contributed by atoms with E-state index in [9.17, 15) is 19.2 Å². The van der Waals surface area contributed by atoms with Gasteiger partial charge in [0, 0.05) is 66.2 Å². The highest BCUT2D eigenvalue weighted by molar-refractivity contribution is 8.76. The maximum absolute atomic E-state index is 12.0. The highest BCUT2D eigenvalue weighted by atomic mass is 33.1. The molecular weight excluding hydrogens is 613 g/mol. The van der Waals surface area contributed by atoms with E-state index in [4.69, 9.17) is 15.2 Å².